The summed E-state index contributed by atoms with van der Waals surface area (Å²) >= 11 is 1.76. The summed E-state index contributed by atoms with van der Waals surface area (Å²) < 4.78 is 11.3. The SMILES string of the molecule is CSc1cc2c(cc1CNCCCCC(C)C)OCCO2. The Bertz CT molecular complexity index is 449. The number of nitrogens with one attached hydrogen (secondary N) is 1. The van der Waals surface area contributed by atoms with Crippen LogP contribution in [0.2, 0.25) is 0 Å². The Morgan fingerprint density at radius 2 is 1.86 bits per heavy atom. The van der Waals surface area contributed by atoms with Crippen LogP contribution < -0.4 is 14.8 Å². The van der Waals surface area contributed by atoms with Crippen molar-refractivity contribution in [1.82, 2.24) is 5.32 Å². The first-order chi connectivity index (χ1) is 10.2. The van der Waals surface area contributed by atoms with Crippen molar-refractivity contribution < 1.29 is 9.47 Å². The third-order valence-corrected chi connectivity index (χ3v) is 4.47. The molecule has 0 aromatic heterocycles. The lowest BCUT2D eigenvalue weighted by atomic mass is 10.1. The molecule has 2 rings (SSSR count). The van der Waals surface area contributed by atoms with Crippen LogP contribution in [0.25, 0.3) is 0 Å². The maximum atomic E-state index is 5.67. The zero-order valence-corrected chi connectivity index (χ0v) is 14.2. The summed E-state index contributed by atoms with van der Waals surface area (Å²) in [5, 5.41) is 3.55. The van der Waals surface area contributed by atoms with Crippen molar-refractivity contribution in [3.05, 3.63) is 17.7 Å². The van der Waals surface area contributed by atoms with Gasteiger partial charge in [0.05, 0.1) is 0 Å². The summed E-state index contributed by atoms with van der Waals surface area (Å²) in [7, 11) is 0. The van der Waals surface area contributed by atoms with Gasteiger partial charge in [0.2, 0.25) is 0 Å². The lowest BCUT2D eigenvalue weighted by Crippen LogP contribution is -2.18. The number of unbranched alkanes of at least 4 members (excludes halogenated alkanes) is 1. The fourth-order valence-electron chi connectivity index (χ4n) is 2.47. The molecular formula is C17H27NO2S. The molecule has 1 aromatic carbocycles. The van der Waals surface area contributed by atoms with Gasteiger partial charge >= 0.3 is 0 Å². The van der Waals surface area contributed by atoms with Gasteiger partial charge in [-0.3, -0.25) is 0 Å². The van der Waals surface area contributed by atoms with Crippen molar-refractivity contribution >= 4 is 11.8 Å². The highest BCUT2D eigenvalue weighted by molar-refractivity contribution is 7.98. The van der Waals surface area contributed by atoms with Gasteiger partial charge in [0.15, 0.2) is 11.5 Å². The van der Waals surface area contributed by atoms with E-state index in [1.54, 1.807) is 11.8 Å². The molecule has 0 spiro atoms. The third-order valence-electron chi connectivity index (χ3n) is 3.65. The van der Waals surface area contributed by atoms with Crippen molar-refractivity contribution in [2.45, 2.75) is 44.6 Å². The largest absolute Gasteiger partial charge is 0.486 e. The second-order valence-electron chi connectivity index (χ2n) is 5.87. The number of rotatable bonds is 8. The normalized spacial score (nSPS) is 13.7. The van der Waals surface area contributed by atoms with Crippen LogP contribution in [0, 0.1) is 5.92 Å². The number of fused-ring (bicyclic) bond motifs is 1. The first-order valence-corrected chi connectivity index (χ1v) is 9.10. The van der Waals surface area contributed by atoms with E-state index in [9.17, 15) is 0 Å². The molecule has 0 atom stereocenters. The number of thioether (sulfide) groups is 1. The molecule has 0 radical (unpaired) electrons. The second kappa shape index (κ2) is 8.54. The molecular weight excluding hydrogens is 282 g/mol. The maximum Gasteiger partial charge on any atom is 0.162 e. The summed E-state index contributed by atoms with van der Waals surface area (Å²) in [6, 6.07) is 4.23. The summed E-state index contributed by atoms with van der Waals surface area (Å²) in [5.41, 5.74) is 1.30. The molecule has 0 amide bonds. The van der Waals surface area contributed by atoms with Crippen molar-refractivity contribution in [1.29, 1.82) is 0 Å². The average molecular weight is 309 g/mol. The van der Waals surface area contributed by atoms with E-state index in [0.717, 1.165) is 30.5 Å². The Labute approximate surface area is 132 Å². The lowest BCUT2D eigenvalue weighted by molar-refractivity contribution is 0.171. The van der Waals surface area contributed by atoms with Gasteiger partial charge in [0, 0.05) is 11.4 Å². The minimum atomic E-state index is 0.647. The van der Waals surface area contributed by atoms with Crippen LogP contribution in [0.1, 0.15) is 38.7 Å². The van der Waals surface area contributed by atoms with Gasteiger partial charge in [0.1, 0.15) is 13.2 Å². The lowest BCUT2D eigenvalue weighted by Gasteiger charge is -2.21. The predicted octanol–water partition coefficient (Wildman–Crippen LogP) is 4.10. The van der Waals surface area contributed by atoms with Crippen LogP contribution in [0.15, 0.2) is 17.0 Å². The molecule has 0 bridgehead atoms. The van der Waals surface area contributed by atoms with Crippen molar-refractivity contribution in [2.75, 3.05) is 26.0 Å². The van der Waals surface area contributed by atoms with Crippen LogP contribution in [-0.4, -0.2) is 26.0 Å². The molecule has 0 saturated heterocycles. The quantitative estimate of drug-likeness (QED) is 0.578. The average Bonchev–Trinajstić information content (AvgIpc) is 2.49. The van der Waals surface area contributed by atoms with Crippen LogP contribution in [0.3, 0.4) is 0 Å². The van der Waals surface area contributed by atoms with Gasteiger partial charge in [-0.1, -0.05) is 26.7 Å². The number of ether oxygens (including phenoxy) is 2. The maximum absolute atomic E-state index is 5.67. The highest BCUT2D eigenvalue weighted by Gasteiger charge is 2.15. The summed E-state index contributed by atoms with van der Waals surface area (Å²) in [6.07, 6.45) is 5.98. The highest BCUT2D eigenvalue weighted by atomic mass is 32.2. The Balaban J connectivity index is 1.84. The standard InChI is InChI=1S/C17H27NO2S/c1-13(2)6-4-5-7-18-12-14-10-15-16(11-17(14)21-3)20-9-8-19-15/h10-11,13,18H,4-9,12H2,1-3H3. The van der Waals surface area contributed by atoms with E-state index in [4.69, 9.17) is 9.47 Å². The minimum absolute atomic E-state index is 0.647. The van der Waals surface area contributed by atoms with Gasteiger partial charge in [-0.15, -0.1) is 11.8 Å². The van der Waals surface area contributed by atoms with Crippen molar-refractivity contribution in [2.24, 2.45) is 5.92 Å². The molecule has 4 heteroatoms. The molecule has 0 unspecified atom stereocenters. The van der Waals surface area contributed by atoms with E-state index >= 15 is 0 Å². The Morgan fingerprint density at radius 1 is 1.14 bits per heavy atom. The molecule has 1 N–H and O–H groups in total. The molecule has 0 saturated carbocycles. The summed E-state index contributed by atoms with van der Waals surface area (Å²) in [5.74, 6) is 2.58. The fourth-order valence-corrected chi connectivity index (χ4v) is 3.08. The van der Waals surface area contributed by atoms with Gasteiger partial charge in [-0.05, 0) is 42.8 Å². The van der Waals surface area contributed by atoms with Gasteiger partial charge in [0.25, 0.3) is 0 Å². The smallest absolute Gasteiger partial charge is 0.162 e. The van der Waals surface area contributed by atoms with E-state index in [1.807, 2.05) is 0 Å². The predicted molar refractivity (Wildman–Crippen MR) is 89.6 cm³/mol. The highest BCUT2D eigenvalue weighted by Crippen LogP contribution is 2.36. The van der Waals surface area contributed by atoms with E-state index < -0.39 is 0 Å². The third kappa shape index (κ3) is 5.11. The summed E-state index contributed by atoms with van der Waals surface area (Å²) in [6.45, 7) is 7.84. The molecule has 1 aromatic rings. The van der Waals surface area contributed by atoms with E-state index in [0.29, 0.717) is 13.2 Å². The van der Waals surface area contributed by atoms with E-state index in [1.165, 1.54) is 29.7 Å². The van der Waals surface area contributed by atoms with E-state index in [2.05, 4.69) is 37.6 Å². The van der Waals surface area contributed by atoms with Gasteiger partial charge < -0.3 is 14.8 Å². The first kappa shape index (κ1) is 16.5. The second-order valence-corrected chi connectivity index (χ2v) is 6.72. The van der Waals surface area contributed by atoms with Gasteiger partial charge in [-0.2, -0.15) is 0 Å². The van der Waals surface area contributed by atoms with E-state index in [-0.39, 0.29) is 0 Å². The Hall–Kier alpha value is -0.870. The van der Waals surface area contributed by atoms with Crippen molar-refractivity contribution in [3.63, 3.8) is 0 Å². The zero-order chi connectivity index (χ0) is 15.1. The topological polar surface area (TPSA) is 30.5 Å². The first-order valence-electron chi connectivity index (χ1n) is 7.88. The Kier molecular flexibility index (Phi) is 6.71. The zero-order valence-electron chi connectivity index (χ0n) is 13.4. The molecule has 0 fully saturated rings. The molecule has 118 valence electrons. The number of benzene rings is 1. The number of hydrogen-bond acceptors (Lipinski definition) is 4. The van der Waals surface area contributed by atoms with Crippen LogP contribution in [-0.2, 0) is 6.54 Å². The summed E-state index contributed by atoms with van der Waals surface area (Å²) in [4.78, 5) is 1.27. The number of hydrogen-bond donors (Lipinski definition) is 1. The molecule has 1 aliphatic heterocycles. The molecule has 0 aliphatic carbocycles. The minimum Gasteiger partial charge on any atom is -0.486 e. The van der Waals surface area contributed by atoms with Crippen LogP contribution in [0.5, 0.6) is 11.5 Å². The fraction of sp³-hybridized carbons (Fsp3) is 0.647. The monoisotopic (exact) mass is 309 g/mol. The molecule has 1 heterocycles. The van der Waals surface area contributed by atoms with Crippen LogP contribution >= 0.6 is 11.8 Å². The van der Waals surface area contributed by atoms with Gasteiger partial charge in [-0.25, -0.2) is 0 Å². The molecule has 1 aliphatic rings. The molecule has 3 nitrogen and oxygen atoms in total. The van der Waals surface area contributed by atoms with Crippen LogP contribution in [0.4, 0.5) is 0 Å². The van der Waals surface area contributed by atoms with Crippen molar-refractivity contribution in [3.8, 4) is 11.5 Å². The molecule has 21 heavy (non-hydrogen) atoms. The Morgan fingerprint density at radius 3 is 2.52 bits per heavy atom.